The number of aliphatic hydroxyl groups is 1. The van der Waals surface area contributed by atoms with E-state index >= 15 is 0 Å². The molecule has 1 aliphatic rings. The van der Waals surface area contributed by atoms with Crippen molar-refractivity contribution in [3.63, 3.8) is 0 Å². The molecule has 0 radical (unpaired) electrons. The third-order valence-electron chi connectivity index (χ3n) is 4.67. The Balaban J connectivity index is 0.00000288. The van der Waals surface area contributed by atoms with Crippen LogP contribution in [0.1, 0.15) is 31.7 Å². The highest BCUT2D eigenvalue weighted by Gasteiger charge is 2.30. The molecule has 1 aromatic carbocycles. The van der Waals surface area contributed by atoms with Gasteiger partial charge in [-0.05, 0) is 50.8 Å². The number of nitrogens with one attached hydrogen (secondary N) is 1. The van der Waals surface area contributed by atoms with Crippen LogP contribution in [0.2, 0.25) is 0 Å². The van der Waals surface area contributed by atoms with Crippen LogP contribution in [0.5, 0.6) is 0 Å². The van der Waals surface area contributed by atoms with Gasteiger partial charge in [0.25, 0.3) is 0 Å². The first-order valence-corrected chi connectivity index (χ1v) is 8.54. The number of nitrogens with zero attached hydrogens (tertiary/aromatic N) is 1. The van der Waals surface area contributed by atoms with E-state index in [9.17, 15) is 9.90 Å². The topological polar surface area (TPSA) is 78.6 Å². The maximum Gasteiger partial charge on any atom is 0.223 e. The van der Waals surface area contributed by atoms with Gasteiger partial charge in [0.1, 0.15) is 0 Å². The average molecular weight is 392 g/mol. The number of aliphatic hydroxyl groups excluding tert-OH is 1. The number of aryl methyl sites for hydroxylation is 1. The summed E-state index contributed by atoms with van der Waals surface area (Å²) in [7, 11) is 0. The maximum absolute atomic E-state index is 12.2. The lowest BCUT2D eigenvalue weighted by atomic mass is 9.84. The summed E-state index contributed by atoms with van der Waals surface area (Å²) in [6.45, 7) is 6.48. The lowest BCUT2D eigenvalue weighted by molar-refractivity contribution is -0.127. The molecule has 1 fully saturated rings. The minimum atomic E-state index is -0.557. The van der Waals surface area contributed by atoms with E-state index in [-0.39, 0.29) is 42.7 Å². The second kappa shape index (κ2) is 11.6. The predicted molar refractivity (Wildman–Crippen MR) is 108 cm³/mol. The van der Waals surface area contributed by atoms with Gasteiger partial charge in [-0.1, -0.05) is 12.1 Å². The van der Waals surface area contributed by atoms with Gasteiger partial charge < -0.3 is 21.1 Å². The van der Waals surface area contributed by atoms with Crippen molar-refractivity contribution < 1.29 is 9.90 Å². The first-order chi connectivity index (χ1) is 11.0. The average Bonchev–Trinajstić information content (AvgIpc) is 2.54. The van der Waals surface area contributed by atoms with Gasteiger partial charge in [0.05, 0.1) is 6.10 Å². The zero-order chi connectivity index (χ0) is 16.8. The van der Waals surface area contributed by atoms with E-state index in [0.717, 1.165) is 19.5 Å². The quantitative estimate of drug-likeness (QED) is 0.694. The largest absolute Gasteiger partial charge is 0.391 e. The predicted octanol–water partition coefficient (Wildman–Crippen LogP) is 2.27. The molecule has 3 atom stereocenters. The second-order valence-corrected chi connectivity index (χ2v) is 6.45. The van der Waals surface area contributed by atoms with E-state index < -0.39 is 6.10 Å². The van der Waals surface area contributed by atoms with Crippen molar-refractivity contribution in [2.24, 2.45) is 11.7 Å². The molecule has 5 nitrogen and oxygen atoms in total. The summed E-state index contributed by atoms with van der Waals surface area (Å²) >= 11 is 0. The van der Waals surface area contributed by atoms with E-state index in [2.05, 4.69) is 48.3 Å². The SMILES string of the molecule is CCN(CCNC(=O)[C@H]1CC[C@H](N)[C@@H](O)C1)c1cccc(C)c1.Cl.Cl. The Morgan fingerprint density at radius 3 is 2.68 bits per heavy atom. The molecule has 7 heteroatoms. The zero-order valence-electron chi connectivity index (χ0n) is 15.0. The van der Waals surface area contributed by atoms with Crippen LogP contribution in [0.3, 0.4) is 0 Å². The maximum atomic E-state index is 12.2. The van der Waals surface area contributed by atoms with Crippen molar-refractivity contribution in [2.75, 3.05) is 24.5 Å². The van der Waals surface area contributed by atoms with E-state index in [4.69, 9.17) is 5.73 Å². The number of carbonyl (C=O) groups is 1. The molecule has 0 aromatic heterocycles. The molecule has 25 heavy (non-hydrogen) atoms. The van der Waals surface area contributed by atoms with Crippen LogP contribution in [0.25, 0.3) is 0 Å². The molecule has 1 amide bonds. The summed E-state index contributed by atoms with van der Waals surface area (Å²) in [4.78, 5) is 14.5. The molecule has 1 aliphatic carbocycles. The Morgan fingerprint density at radius 1 is 1.36 bits per heavy atom. The number of likely N-dealkylation sites (N-methyl/N-ethyl adjacent to an activating group) is 1. The molecule has 2 rings (SSSR count). The van der Waals surface area contributed by atoms with Crippen LogP contribution in [0.4, 0.5) is 5.69 Å². The van der Waals surface area contributed by atoms with E-state index in [1.807, 2.05) is 0 Å². The molecule has 0 aliphatic heterocycles. The van der Waals surface area contributed by atoms with Gasteiger partial charge in [-0.15, -0.1) is 24.8 Å². The van der Waals surface area contributed by atoms with Gasteiger partial charge in [0.15, 0.2) is 0 Å². The Kier molecular flexibility index (Phi) is 11.1. The Morgan fingerprint density at radius 2 is 2.08 bits per heavy atom. The van der Waals surface area contributed by atoms with Crippen molar-refractivity contribution in [3.8, 4) is 0 Å². The number of nitrogens with two attached hydrogens (primary N) is 1. The first-order valence-electron chi connectivity index (χ1n) is 8.54. The van der Waals surface area contributed by atoms with E-state index in [1.54, 1.807) is 0 Å². The highest BCUT2D eigenvalue weighted by molar-refractivity contribution is 5.85. The molecule has 144 valence electrons. The van der Waals surface area contributed by atoms with Crippen LogP contribution in [0, 0.1) is 12.8 Å². The van der Waals surface area contributed by atoms with E-state index in [1.165, 1.54) is 11.3 Å². The smallest absolute Gasteiger partial charge is 0.223 e. The lowest BCUT2D eigenvalue weighted by Crippen LogP contribution is -2.45. The standard InChI is InChI=1S/C18H29N3O2.2ClH/c1-3-21(15-6-4-5-13(2)11-15)10-9-20-18(23)14-7-8-16(19)17(22)12-14;;/h4-6,11,14,16-17,22H,3,7-10,12,19H2,1-2H3,(H,20,23);2*1H/t14-,16-,17-;;/m0../s1. The van der Waals surface area contributed by atoms with Crippen molar-refractivity contribution >= 4 is 36.4 Å². The summed E-state index contributed by atoms with van der Waals surface area (Å²) in [5.41, 5.74) is 8.20. The minimum Gasteiger partial charge on any atom is -0.391 e. The summed E-state index contributed by atoms with van der Waals surface area (Å²) in [5, 5.41) is 12.8. The van der Waals surface area contributed by atoms with Gasteiger partial charge in [-0.3, -0.25) is 4.79 Å². The molecule has 0 heterocycles. The molecular weight excluding hydrogens is 361 g/mol. The van der Waals surface area contributed by atoms with Crippen LogP contribution in [-0.2, 0) is 4.79 Å². The molecule has 0 unspecified atom stereocenters. The van der Waals surface area contributed by atoms with Crippen molar-refractivity contribution in [1.29, 1.82) is 0 Å². The van der Waals surface area contributed by atoms with Gasteiger partial charge in [-0.2, -0.15) is 0 Å². The van der Waals surface area contributed by atoms with Crippen LogP contribution in [0.15, 0.2) is 24.3 Å². The minimum absolute atomic E-state index is 0. The first kappa shape index (κ1) is 24.0. The van der Waals surface area contributed by atoms with Crippen molar-refractivity contribution in [3.05, 3.63) is 29.8 Å². The van der Waals surface area contributed by atoms with Crippen molar-refractivity contribution in [1.82, 2.24) is 5.32 Å². The number of carbonyl (C=O) groups excluding carboxylic acids is 1. The molecule has 0 spiro atoms. The number of anilines is 1. The number of benzene rings is 1. The molecule has 0 saturated heterocycles. The lowest BCUT2D eigenvalue weighted by Gasteiger charge is -2.30. The summed E-state index contributed by atoms with van der Waals surface area (Å²) in [5.74, 6) is -0.0740. The fraction of sp³-hybridized carbons (Fsp3) is 0.611. The molecule has 1 aromatic rings. The van der Waals surface area contributed by atoms with Crippen LogP contribution >= 0.6 is 24.8 Å². The van der Waals surface area contributed by atoms with Gasteiger partial charge in [0, 0.05) is 37.3 Å². The Hall–Kier alpha value is -1.01. The third kappa shape index (κ3) is 7.02. The van der Waals surface area contributed by atoms with Crippen molar-refractivity contribution in [2.45, 2.75) is 45.3 Å². The monoisotopic (exact) mass is 391 g/mol. The van der Waals surface area contributed by atoms with Crippen LogP contribution < -0.4 is 16.0 Å². The summed E-state index contributed by atoms with van der Waals surface area (Å²) in [6, 6.07) is 8.20. The number of amides is 1. The molecule has 4 N–H and O–H groups in total. The highest BCUT2D eigenvalue weighted by atomic mass is 35.5. The Labute approximate surface area is 163 Å². The van der Waals surface area contributed by atoms with E-state index in [0.29, 0.717) is 19.4 Å². The second-order valence-electron chi connectivity index (χ2n) is 6.45. The number of rotatable bonds is 6. The zero-order valence-corrected chi connectivity index (χ0v) is 16.6. The van der Waals surface area contributed by atoms with Gasteiger partial charge in [0.2, 0.25) is 5.91 Å². The molecule has 0 bridgehead atoms. The Bertz CT molecular complexity index is 531. The summed E-state index contributed by atoms with van der Waals surface area (Å²) in [6.07, 6.45) is 1.39. The fourth-order valence-electron chi connectivity index (χ4n) is 3.16. The molecule has 1 saturated carbocycles. The van der Waals surface area contributed by atoms with Crippen LogP contribution in [-0.4, -0.2) is 42.8 Å². The third-order valence-corrected chi connectivity index (χ3v) is 4.67. The van der Waals surface area contributed by atoms with Gasteiger partial charge in [-0.25, -0.2) is 0 Å². The number of halogens is 2. The molecular formula is C18H31Cl2N3O2. The van der Waals surface area contributed by atoms with Gasteiger partial charge >= 0.3 is 0 Å². The normalized spacial score (nSPS) is 22.3. The fourth-order valence-corrected chi connectivity index (χ4v) is 3.16. The number of hydrogen-bond acceptors (Lipinski definition) is 4. The number of hydrogen-bond donors (Lipinski definition) is 3. The summed E-state index contributed by atoms with van der Waals surface area (Å²) < 4.78 is 0. The highest BCUT2D eigenvalue weighted by Crippen LogP contribution is 2.23.